The average molecular weight is 264 g/mol. The van der Waals surface area contributed by atoms with Crippen LogP contribution in [0, 0.1) is 12.7 Å². The van der Waals surface area contributed by atoms with Gasteiger partial charge in [0, 0.05) is 13.1 Å². The van der Waals surface area contributed by atoms with E-state index in [0.29, 0.717) is 6.54 Å². The summed E-state index contributed by atoms with van der Waals surface area (Å²) in [5.41, 5.74) is 0.951. The summed E-state index contributed by atoms with van der Waals surface area (Å²) < 4.78 is 13.6. The van der Waals surface area contributed by atoms with Crippen molar-refractivity contribution < 1.29 is 9.18 Å². The molecule has 1 amide bonds. The molecule has 0 radical (unpaired) electrons. The molecule has 104 valence electrons. The Morgan fingerprint density at radius 3 is 2.74 bits per heavy atom. The number of piperidine rings is 1. The van der Waals surface area contributed by atoms with E-state index in [9.17, 15) is 9.18 Å². The maximum atomic E-state index is 13.6. The predicted octanol–water partition coefficient (Wildman–Crippen LogP) is 2.35. The largest absolute Gasteiger partial charge is 0.351 e. The second-order valence-corrected chi connectivity index (χ2v) is 5.14. The fourth-order valence-corrected chi connectivity index (χ4v) is 2.41. The van der Waals surface area contributed by atoms with Crippen LogP contribution in [0.5, 0.6) is 0 Å². The summed E-state index contributed by atoms with van der Waals surface area (Å²) in [7, 11) is 0. The van der Waals surface area contributed by atoms with Gasteiger partial charge in [-0.05, 0) is 50.6 Å². The molecule has 1 aromatic rings. The lowest BCUT2D eigenvalue weighted by molar-refractivity contribution is 0.0942. The molecule has 0 spiro atoms. The van der Waals surface area contributed by atoms with Gasteiger partial charge in [0.2, 0.25) is 0 Å². The third-order valence-corrected chi connectivity index (χ3v) is 3.53. The van der Waals surface area contributed by atoms with Gasteiger partial charge in [-0.2, -0.15) is 0 Å². The van der Waals surface area contributed by atoms with Crippen molar-refractivity contribution in [1.82, 2.24) is 10.2 Å². The zero-order chi connectivity index (χ0) is 13.7. The maximum absolute atomic E-state index is 13.6. The number of carbonyl (C=O) groups is 1. The van der Waals surface area contributed by atoms with Crippen LogP contribution < -0.4 is 5.32 Å². The van der Waals surface area contributed by atoms with Crippen LogP contribution in [0.15, 0.2) is 18.2 Å². The standard InChI is InChI=1S/C15H21FN2O/c1-12-5-6-13(14(16)11-12)15(19)17-7-10-18-8-3-2-4-9-18/h5-6,11H,2-4,7-10H2,1H3,(H,17,19). The fraction of sp³-hybridized carbons (Fsp3) is 0.533. The van der Waals surface area contributed by atoms with E-state index in [1.807, 2.05) is 0 Å². The van der Waals surface area contributed by atoms with Crippen LogP contribution in [0.2, 0.25) is 0 Å². The summed E-state index contributed by atoms with van der Waals surface area (Å²) in [5.74, 6) is -0.773. The highest BCUT2D eigenvalue weighted by molar-refractivity contribution is 5.94. The Labute approximate surface area is 113 Å². The van der Waals surface area contributed by atoms with Crippen LogP contribution >= 0.6 is 0 Å². The Balaban J connectivity index is 1.80. The van der Waals surface area contributed by atoms with Crippen LogP contribution in [0.1, 0.15) is 35.2 Å². The summed E-state index contributed by atoms with van der Waals surface area (Å²) in [6.07, 6.45) is 3.78. The molecule has 4 heteroatoms. The van der Waals surface area contributed by atoms with Crippen molar-refractivity contribution in [2.75, 3.05) is 26.2 Å². The Bertz CT molecular complexity index is 442. The molecule has 0 aromatic heterocycles. The molecule has 2 rings (SSSR count). The number of hydrogen-bond acceptors (Lipinski definition) is 2. The van der Waals surface area contributed by atoms with Gasteiger partial charge in [-0.25, -0.2) is 4.39 Å². The number of aryl methyl sites for hydroxylation is 1. The lowest BCUT2D eigenvalue weighted by Crippen LogP contribution is -2.37. The van der Waals surface area contributed by atoms with E-state index in [4.69, 9.17) is 0 Å². The first-order valence-corrected chi connectivity index (χ1v) is 6.93. The van der Waals surface area contributed by atoms with E-state index in [1.165, 1.54) is 25.3 Å². The molecule has 1 aliphatic heterocycles. The number of carbonyl (C=O) groups excluding carboxylic acids is 1. The molecule has 0 atom stereocenters. The average Bonchev–Trinajstić information content (AvgIpc) is 2.39. The second kappa shape index (κ2) is 6.66. The minimum atomic E-state index is -0.449. The summed E-state index contributed by atoms with van der Waals surface area (Å²) in [5, 5.41) is 2.79. The minimum Gasteiger partial charge on any atom is -0.351 e. The van der Waals surface area contributed by atoms with Crippen molar-refractivity contribution in [2.45, 2.75) is 26.2 Å². The highest BCUT2D eigenvalue weighted by atomic mass is 19.1. The van der Waals surface area contributed by atoms with Crippen LogP contribution in [0.4, 0.5) is 4.39 Å². The smallest absolute Gasteiger partial charge is 0.254 e. The number of halogens is 1. The summed E-state index contributed by atoms with van der Waals surface area (Å²) in [6, 6.07) is 4.68. The van der Waals surface area contributed by atoms with Crippen LogP contribution in [-0.4, -0.2) is 37.0 Å². The van der Waals surface area contributed by atoms with Gasteiger partial charge in [0.25, 0.3) is 5.91 Å². The first kappa shape index (κ1) is 14.0. The predicted molar refractivity (Wildman–Crippen MR) is 73.8 cm³/mol. The molecule has 3 nitrogen and oxygen atoms in total. The van der Waals surface area contributed by atoms with Crippen molar-refractivity contribution in [3.63, 3.8) is 0 Å². The fourth-order valence-electron chi connectivity index (χ4n) is 2.41. The highest BCUT2D eigenvalue weighted by Gasteiger charge is 2.13. The van der Waals surface area contributed by atoms with Gasteiger partial charge in [-0.1, -0.05) is 12.5 Å². The van der Waals surface area contributed by atoms with Crippen molar-refractivity contribution in [3.05, 3.63) is 35.1 Å². The van der Waals surface area contributed by atoms with Crippen molar-refractivity contribution in [1.29, 1.82) is 0 Å². The van der Waals surface area contributed by atoms with E-state index in [0.717, 1.165) is 25.2 Å². The lowest BCUT2D eigenvalue weighted by atomic mass is 10.1. The number of benzene rings is 1. The Morgan fingerprint density at radius 1 is 1.32 bits per heavy atom. The Kier molecular flexibility index (Phi) is 4.91. The zero-order valence-corrected chi connectivity index (χ0v) is 11.4. The molecule has 0 aliphatic carbocycles. The van der Waals surface area contributed by atoms with E-state index in [1.54, 1.807) is 19.1 Å². The molecule has 1 aliphatic rings. The Morgan fingerprint density at radius 2 is 2.05 bits per heavy atom. The van der Waals surface area contributed by atoms with Gasteiger partial charge in [0.1, 0.15) is 5.82 Å². The number of nitrogens with zero attached hydrogens (tertiary/aromatic N) is 1. The van der Waals surface area contributed by atoms with E-state index < -0.39 is 5.82 Å². The summed E-state index contributed by atoms with van der Waals surface area (Å²) in [6.45, 7) is 5.44. The molecule has 1 N–H and O–H groups in total. The SMILES string of the molecule is Cc1ccc(C(=O)NCCN2CCCCC2)c(F)c1. The van der Waals surface area contributed by atoms with Crippen LogP contribution in [0.25, 0.3) is 0 Å². The molecule has 1 aromatic carbocycles. The minimum absolute atomic E-state index is 0.129. The monoisotopic (exact) mass is 264 g/mol. The van der Waals surface area contributed by atoms with Crippen LogP contribution in [-0.2, 0) is 0 Å². The number of rotatable bonds is 4. The molecule has 0 saturated carbocycles. The number of nitrogens with one attached hydrogen (secondary N) is 1. The molecule has 1 heterocycles. The molecule has 0 unspecified atom stereocenters. The highest BCUT2D eigenvalue weighted by Crippen LogP contribution is 2.10. The molecular weight excluding hydrogens is 243 g/mol. The summed E-state index contributed by atoms with van der Waals surface area (Å²) >= 11 is 0. The van der Waals surface area contributed by atoms with Gasteiger partial charge in [-0.3, -0.25) is 4.79 Å². The van der Waals surface area contributed by atoms with Crippen molar-refractivity contribution in [2.24, 2.45) is 0 Å². The quantitative estimate of drug-likeness (QED) is 0.905. The molecule has 1 fully saturated rings. The van der Waals surface area contributed by atoms with Crippen molar-refractivity contribution in [3.8, 4) is 0 Å². The number of hydrogen-bond donors (Lipinski definition) is 1. The molecule has 1 saturated heterocycles. The normalized spacial score (nSPS) is 16.3. The molecule has 19 heavy (non-hydrogen) atoms. The van der Waals surface area contributed by atoms with E-state index in [-0.39, 0.29) is 11.5 Å². The van der Waals surface area contributed by atoms with Gasteiger partial charge >= 0.3 is 0 Å². The Hall–Kier alpha value is -1.42. The van der Waals surface area contributed by atoms with Gasteiger partial charge in [0.15, 0.2) is 0 Å². The second-order valence-electron chi connectivity index (χ2n) is 5.14. The van der Waals surface area contributed by atoms with Crippen LogP contribution in [0.3, 0.4) is 0 Å². The van der Waals surface area contributed by atoms with Crippen molar-refractivity contribution >= 4 is 5.91 Å². The third kappa shape index (κ3) is 4.03. The summed E-state index contributed by atoms with van der Waals surface area (Å²) in [4.78, 5) is 14.2. The van der Waals surface area contributed by atoms with E-state index in [2.05, 4.69) is 10.2 Å². The maximum Gasteiger partial charge on any atom is 0.254 e. The lowest BCUT2D eigenvalue weighted by Gasteiger charge is -2.26. The first-order valence-electron chi connectivity index (χ1n) is 6.93. The zero-order valence-electron chi connectivity index (χ0n) is 11.4. The molecule has 0 bridgehead atoms. The van der Waals surface area contributed by atoms with Gasteiger partial charge in [-0.15, -0.1) is 0 Å². The topological polar surface area (TPSA) is 32.3 Å². The van der Waals surface area contributed by atoms with E-state index >= 15 is 0 Å². The van der Waals surface area contributed by atoms with Gasteiger partial charge in [0.05, 0.1) is 5.56 Å². The third-order valence-electron chi connectivity index (χ3n) is 3.53. The molecular formula is C15H21FN2O. The number of amides is 1. The van der Waals surface area contributed by atoms with Gasteiger partial charge < -0.3 is 10.2 Å². The first-order chi connectivity index (χ1) is 9.16. The number of likely N-dealkylation sites (tertiary alicyclic amines) is 1.